The standard InChI is InChI=1S/C17H27ClN2/c1-13(12-19-15-8-4-5-9-15)20(3)14(2)16-10-6-7-11-17(16)18/h6-7,10-11,13-15,19H,4-5,8-9,12H2,1-3H3. The predicted molar refractivity (Wildman–Crippen MR) is 87.4 cm³/mol. The van der Waals surface area contributed by atoms with Gasteiger partial charge in [-0.1, -0.05) is 42.6 Å². The van der Waals surface area contributed by atoms with E-state index in [0.29, 0.717) is 12.1 Å². The zero-order valence-corrected chi connectivity index (χ0v) is 13.7. The van der Waals surface area contributed by atoms with Crippen LogP contribution in [-0.4, -0.2) is 30.6 Å². The fourth-order valence-electron chi connectivity index (χ4n) is 3.03. The molecular formula is C17H27ClN2. The fourth-order valence-corrected chi connectivity index (χ4v) is 3.32. The van der Waals surface area contributed by atoms with Gasteiger partial charge in [0.25, 0.3) is 0 Å². The number of likely N-dealkylation sites (N-methyl/N-ethyl adjacent to an activating group) is 1. The van der Waals surface area contributed by atoms with E-state index in [2.05, 4.69) is 43.2 Å². The van der Waals surface area contributed by atoms with Crippen molar-refractivity contribution in [2.24, 2.45) is 0 Å². The molecule has 3 heteroatoms. The molecule has 1 N–H and O–H groups in total. The lowest BCUT2D eigenvalue weighted by Gasteiger charge is -2.32. The highest BCUT2D eigenvalue weighted by atomic mass is 35.5. The number of hydrogen-bond acceptors (Lipinski definition) is 2. The molecule has 0 saturated heterocycles. The van der Waals surface area contributed by atoms with E-state index in [0.717, 1.165) is 17.6 Å². The van der Waals surface area contributed by atoms with E-state index in [4.69, 9.17) is 11.6 Å². The summed E-state index contributed by atoms with van der Waals surface area (Å²) in [5.41, 5.74) is 1.21. The van der Waals surface area contributed by atoms with Crippen molar-refractivity contribution in [1.29, 1.82) is 0 Å². The zero-order valence-electron chi connectivity index (χ0n) is 12.9. The lowest BCUT2D eigenvalue weighted by Crippen LogP contribution is -2.42. The van der Waals surface area contributed by atoms with Crippen LogP contribution in [0.1, 0.15) is 51.1 Å². The van der Waals surface area contributed by atoms with Crippen LogP contribution in [0, 0.1) is 0 Å². The molecule has 0 heterocycles. The van der Waals surface area contributed by atoms with E-state index in [1.54, 1.807) is 0 Å². The molecule has 1 saturated carbocycles. The minimum atomic E-state index is 0.337. The summed E-state index contributed by atoms with van der Waals surface area (Å²) in [7, 11) is 2.19. The summed E-state index contributed by atoms with van der Waals surface area (Å²) in [6.45, 7) is 5.57. The lowest BCUT2D eigenvalue weighted by molar-refractivity contribution is 0.189. The molecule has 1 fully saturated rings. The summed E-state index contributed by atoms with van der Waals surface area (Å²) in [5, 5.41) is 4.57. The summed E-state index contributed by atoms with van der Waals surface area (Å²) in [6, 6.07) is 9.73. The molecule has 0 amide bonds. The molecule has 0 spiro atoms. The SMILES string of the molecule is CC(CNC1CCCC1)N(C)C(C)c1ccccc1Cl. The zero-order chi connectivity index (χ0) is 14.5. The average molecular weight is 295 g/mol. The molecule has 0 radical (unpaired) electrons. The van der Waals surface area contributed by atoms with Crippen LogP contribution >= 0.6 is 11.6 Å². The summed E-state index contributed by atoms with van der Waals surface area (Å²) in [4.78, 5) is 2.41. The molecule has 1 aromatic rings. The molecule has 0 aromatic heterocycles. The summed E-state index contributed by atoms with van der Waals surface area (Å²) in [5.74, 6) is 0. The first-order chi connectivity index (χ1) is 9.59. The van der Waals surface area contributed by atoms with E-state index in [1.807, 2.05) is 12.1 Å². The molecule has 1 aliphatic rings. The molecule has 1 aliphatic carbocycles. The van der Waals surface area contributed by atoms with E-state index in [1.165, 1.54) is 31.2 Å². The summed E-state index contributed by atoms with van der Waals surface area (Å²) in [6.07, 6.45) is 5.46. The first-order valence-corrected chi connectivity index (χ1v) is 8.17. The van der Waals surface area contributed by atoms with Crippen molar-refractivity contribution in [3.63, 3.8) is 0 Å². The maximum Gasteiger partial charge on any atom is 0.0453 e. The number of hydrogen-bond donors (Lipinski definition) is 1. The second kappa shape index (κ2) is 7.44. The average Bonchev–Trinajstić information content (AvgIpc) is 2.97. The van der Waals surface area contributed by atoms with Gasteiger partial charge >= 0.3 is 0 Å². The third-order valence-electron chi connectivity index (χ3n) is 4.72. The molecule has 2 unspecified atom stereocenters. The van der Waals surface area contributed by atoms with Crippen LogP contribution in [0.25, 0.3) is 0 Å². The number of halogens is 1. The maximum atomic E-state index is 6.31. The molecule has 0 bridgehead atoms. The third kappa shape index (κ3) is 3.97. The minimum Gasteiger partial charge on any atom is -0.312 e. The van der Waals surface area contributed by atoms with E-state index in [9.17, 15) is 0 Å². The molecule has 2 atom stereocenters. The van der Waals surface area contributed by atoms with E-state index < -0.39 is 0 Å². The van der Waals surface area contributed by atoms with Gasteiger partial charge in [-0.25, -0.2) is 0 Å². The van der Waals surface area contributed by atoms with Gasteiger partial charge < -0.3 is 5.32 Å². The Hall–Kier alpha value is -0.570. The van der Waals surface area contributed by atoms with Gasteiger partial charge in [0.15, 0.2) is 0 Å². The van der Waals surface area contributed by atoms with Crippen molar-refractivity contribution in [2.75, 3.05) is 13.6 Å². The van der Waals surface area contributed by atoms with E-state index in [-0.39, 0.29) is 0 Å². The van der Waals surface area contributed by atoms with Crippen molar-refractivity contribution in [3.8, 4) is 0 Å². The van der Waals surface area contributed by atoms with Gasteiger partial charge in [0.05, 0.1) is 0 Å². The molecule has 112 valence electrons. The molecule has 20 heavy (non-hydrogen) atoms. The van der Waals surface area contributed by atoms with Crippen LogP contribution < -0.4 is 5.32 Å². The van der Waals surface area contributed by atoms with Crippen LogP contribution in [0.4, 0.5) is 0 Å². The Bertz CT molecular complexity index is 415. The molecule has 2 nitrogen and oxygen atoms in total. The monoisotopic (exact) mass is 294 g/mol. The fraction of sp³-hybridized carbons (Fsp3) is 0.647. The Kier molecular flexibility index (Phi) is 5.88. The minimum absolute atomic E-state index is 0.337. The van der Waals surface area contributed by atoms with Crippen molar-refractivity contribution in [1.82, 2.24) is 10.2 Å². The molecule has 2 rings (SSSR count). The van der Waals surface area contributed by atoms with Crippen molar-refractivity contribution < 1.29 is 0 Å². The Labute approximate surface area is 128 Å². The van der Waals surface area contributed by atoms with Gasteiger partial charge in [0, 0.05) is 29.7 Å². The topological polar surface area (TPSA) is 15.3 Å². The Morgan fingerprint density at radius 2 is 1.90 bits per heavy atom. The van der Waals surface area contributed by atoms with Gasteiger partial charge in [-0.2, -0.15) is 0 Å². The second-order valence-electron chi connectivity index (χ2n) is 6.10. The smallest absolute Gasteiger partial charge is 0.0453 e. The Morgan fingerprint density at radius 1 is 1.25 bits per heavy atom. The Balaban J connectivity index is 1.88. The van der Waals surface area contributed by atoms with Gasteiger partial charge in [0.2, 0.25) is 0 Å². The van der Waals surface area contributed by atoms with Gasteiger partial charge in [-0.15, -0.1) is 0 Å². The van der Waals surface area contributed by atoms with Crippen LogP contribution in [-0.2, 0) is 0 Å². The quantitative estimate of drug-likeness (QED) is 0.843. The van der Waals surface area contributed by atoms with Crippen molar-refractivity contribution in [2.45, 2.75) is 57.7 Å². The first-order valence-electron chi connectivity index (χ1n) is 7.79. The lowest BCUT2D eigenvalue weighted by atomic mass is 10.1. The largest absolute Gasteiger partial charge is 0.312 e. The van der Waals surface area contributed by atoms with Crippen LogP contribution in [0.3, 0.4) is 0 Å². The number of nitrogens with zero attached hydrogens (tertiary/aromatic N) is 1. The predicted octanol–water partition coefficient (Wildman–Crippen LogP) is 4.25. The second-order valence-corrected chi connectivity index (χ2v) is 6.51. The summed E-state index contributed by atoms with van der Waals surface area (Å²) >= 11 is 6.31. The first kappa shape index (κ1) is 15.8. The number of nitrogens with one attached hydrogen (secondary N) is 1. The van der Waals surface area contributed by atoms with Crippen molar-refractivity contribution >= 4 is 11.6 Å². The molecule has 0 aliphatic heterocycles. The van der Waals surface area contributed by atoms with Crippen LogP contribution in [0.2, 0.25) is 5.02 Å². The molecule has 1 aromatic carbocycles. The van der Waals surface area contributed by atoms with E-state index >= 15 is 0 Å². The van der Waals surface area contributed by atoms with Crippen LogP contribution in [0.5, 0.6) is 0 Å². The normalized spacial score (nSPS) is 19.4. The number of rotatable bonds is 6. The highest BCUT2D eigenvalue weighted by molar-refractivity contribution is 6.31. The highest BCUT2D eigenvalue weighted by Gasteiger charge is 2.21. The van der Waals surface area contributed by atoms with Crippen molar-refractivity contribution in [3.05, 3.63) is 34.9 Å². The maximum absolute atomic E-state index is 6.31. The van der Waals surface area contributed by atoms with Gasteiger partial charge in [-0.3, -0.25) is 4.90 Å². The number of benzene rings is 1. The third-order valence-corrected chi connectivity index (χ3v) is 5.06. The van der Waals surface area contributed by atoms with Gasteiger partial charge in [0.1, 0.15) is 0 Å². The highest BCUT2D eigenvalue weighted by Crippen LogP contribution is 2.27. The van der Waals surface area contributed by atoms with Gasteiger partial charge in [-0.05, 0) is 45.4 Å². The summed E-state index contributed by atoms with van der Waals surface area (Å²) < 4.78 is 0. The Morgan fingerprint density at radius 3 is 2.55 bits per heavy atom. The molecular weight excluding hydrogens is 268 g/mol. The van der Waals surface area contributed by atoms with Crippen LogP contribution in [0.15, 0.2) is 24.3 Å².